The van der Waals surface area contributed by atoms with Gasteiger partial charge in [0.05, 0.1) is 4.88 Å². The van der Waals surface area contributed by atoms with Crippen molar-refractivity contribution in [3.63, 3.8) is 0 Å². The molecule has 0 bridgehead atoms. The summed E-state index contributed by atoms with van der Waals surface area (Å²) < 4.78 is 0. The highest BCUT2D eigenvalue weighted by molar-refractivity contribution is 7.12. The van der Waals surface area contributed by atoms with Crippen molar-refractivity contribution in [3.8, 4) is 0 Å². The second-order valence-corrected chi connectivity index (χ2v) is 4.22. The zero-order valence-electron chi connectivity index (χ0n) is 8.64. The lowest BCUT2D eigenvalue weighted by atomic mass is 10.2. The van der Waals surface area contributed by atoms with Crippen LogP contribution in [0.3, 0.4) is 0 Å². The number of hydrogen-bond acceptors (Lipinski definition) is 2. The minimum Gasteiger partial charge on any atom is -0.321 e. The quantitative estimate of drug-likeness (QED) is 0.860. The van der Waals surface area contributed by atoms with Gasteiger partial charge in [-0.05, 0) is 17.0 Å². The highest BCUT2D eigenvalue weighted by atomic mass is 32.1. The molecule has 1 heterocycles. The average molecular weight is 229 g/mol. The Labute approximate surface area is 98.2 Å². The monoisotopic (exact) mass is 229 g/mol. The van der Waals surface area contributed by atoms with Crippen LogP contribution in [-0.2, 0) is 0 Å². The largest absolute Gasteiger partial charge is 0.321 e. The summed E-state index contributed by atoms with van der Waals surface area (Å²) in [6, 6.07) is 13.2. The van der Waals surface area contributed by atoms with E-state index in [4.69, 9.17) is 0 Å². The van der Waals surface area contributed by atoms with Gasteiger partial charge in [0.15, 0.2) is 0 Å². The minimum absolute atomic E-state index is 0.108. The summed E-state index contributed by atoms with van der Waals surface area (Å²) in [5.41, 5.74) is 1.55. The van der Waals surface area contributed by atoms with Gasteiger partial charge in [0.1, 0.15) is 0 Å². The molecule has 0 fully saturated rings. The van der Waals surface area contributed by atoms with E-state index >= 15 is 0 Å². The molecular weight excluding hydrogens is 218 g/mol. The maximum absolute atomic E-state index is 11.7. The molecule has 0 saturated heterocycles. The highest BCUT2D eigenvalue weighted by Crippen LogP contribution is 2.12. The maximum atomic E-state index is 11.7. The van der Waals surface area contributed by atoms with E-state index in [-0.39, 0.29) is 5.91 Å². The Bertz CT molecular complexity index is 488. The third-order valence-corrected chi connectivity index (χ3v) is 3.00. The van der Waals surface area contributed by atoms with Gasteiger partial charge in [-0.25, -0.2) is 0 Å². The Morgan fingerprint density at radius 3 is 2.50 bits per heavy atom. The SMILES string of the molecule is C=C(NC(=O)c1cccs1)c1ccccc1. The van der Waals surface area contributed by atoms with Gasteiger partial charge >= 0.3 is 0 Å². The molecule has 0 saturated carbocycles. The van der Waals surface area contributed by atoms with Gasteiger partial charge in [0.25, 0.3) is 5.91 Å². The number of benzene rings is 1. The predicted octanol–water partition coefficient (Wildman–Crippen LogP) is 3.15. The summed E-state index contributed by atoms with van der Waals surface area (Å²) in [6.45, 7) is 3.85. The molecule has 1 amide bonds. The molecule has 1 aromatic carbocycles. The first-order valence-corrected chi connectivity index (χ1v) is 5.74. The van der Waals surface area contributed by atoms with Crippen LogP contribution in [0.2, 0.25) is 0 Å². The van der Waals surface area contributed by atoms with Crippen LogP contribution in [0, 0.1) is 0 Å². The molecule has 0 aliphatic carbocycles. The molecule has 2 aromatic rings. The van der Waals surface area contributed by atoms with E-state index in [1.807, 2.05) is 41.8 Å². The Morgan fingerprint density at radius 1 is 1.12 bits per heavy atom. The molecule has 2 rings (SSSR count). The zero-order valence-corrected chi connectivity index (χ0v) is 9.46. The fraction of sp³-hybridized carbons (Fsp3) is 0. The van der Waals surface area contributed by atoms with E-state index in [2.05, 4.69) is 11.9 Å². The minimum atomic E-state index is -0.108. The highest BCUT2D eigenvalue weighted by Gasteiger charge is 2.07. The smallest absolute Gasteiger partial charge is 0.265 e. The molecule has 0 unspecified atom stereocenters. The van der Waals surface area contributed by atoms with Crippen LogP contribution in [0.4, 0.5) is 0 Å². The van der Waals surface area contributed by atoms with Crippen LogP contribution >= 0.6 is 11.3 Å². The van der Waals surface area contributed by atoms with E-state index in [0.29, 0.717) is 10.6 Å². The summed E-state index contributed by atoms with van der Waals surface area (Å²) in [4.78, 5) is 12.4. The normalized spacial score (nSPS) is 9.75. The van der Waals surface area contributed by atoms with Gasteiger partial charge in [-0.1, -0.05) is 43.0 Å². The summed E-state index contributed by atoms with van der Waals surface area (Å²) in [6.07, 6.45) is 0. The standard InChI is InChI=1S/C13H11NOS/c1-10(11-6-3-2-4-7-11)14-13(15)12-8-5-9-16-12/h2-9H,1H2,(H,14,15). The lowest BCUT2D eigenvalue weighted by molar-refractivity contribution is 0.0978. The molecule has 1 N–H and O–H groups in total. The number of amides is 1. The fourth-order valence-electron chi connectivity index (χ4n) is 1.32. The van der Waals surface area contributed by atoms with Crippen molar-refractivity contribution in [1.29, 1.82) is 0 Å². The van der Waals surface area contributed by atoms with Crippen molar-refractivity contribution in [2.45, 2.75) is 0 Å². The maximum Gasteiger partial charge on any atom is 0.265 e. The molecule has 0 spiro atoms. The number of hydrogen-bond donors (Lipinski definition) is 1. The predicted molar refractivity (Wildman–Crippen MR) is 67.3 cm³/mol. The second-order valence-electron chi connectivity index (χ2n) is 3.28. The van der Waals surface area contributed by atoms with E-state index in [1.165, 1.54) is 11.3 Å². The van der Waals surface area contributed by atoms with Crippen molar-refractivity contribution in [1.82, 2.24) is 5.32 Å². The van der Waals surface area contributed by atoms with Crippen LogP contribution in [0.25, 0.3) is 5.70 Å². The summed E-state index contributed by atoms with van der Waals surface area (Å²) in [5, 5.41) is 4.65. The summed E-state index contributed by atoms with van der Waals surface area (Å²) in [5.74, 6) is -0.108. The van der Waals surface area contributed by atoms with Crippen molar-refractivity contribution >= 4 is 22.9 Å². The van der Waals surface area contributed by atoms with Crippen LogP contribution < -0.4 is 5.32 Å². The Morgan fingerprint density at radius 2 is 1.88 bits per heavy atom. The van der Waals surface area contributed by atoms with E-state index in [9.17, 15) is 4.79 Å². The van der Waals surface area contributed by atoms with E-state index in [1.54, 1.807) is 6.07 Å². The first-order valence-electron chi connectivity index (χ1n) is 4.86. The van der Waals surface area contributed by atoms with Gasteiger partial charge in [0, 0.05) is 5.70 Å². The van der Waals surface area contributed by atoms with E-state index < -0.39 is 0 Å². The lowest BCUT2D eigenvalue weighted by Gasteiger charge is -2.06. The zero-order chi connectivity index (χ0) is 11.4. The lowest BCUT2D eigenvalue weighted by Crippen LogP contribution is -2.20. The molecule has 0 radical (unpaired) electrons. The van der Waals surface area contributed by atoms with E-state index in [0.717, 1.165) is 5.56 Å². The Kier molecular flexibility index (Phi) is 3.17. The van der Waals surface area contributed by atoms with Crippen LogP contribution in [0.5, 0.6) is 0 Å². The first kappa shape index (κ1) is 10.6. The van der Waals surface area contributed by atoms with Gasteiger partial charge in [-0.15, -0.1) is 11.3 Å². The average Bonchev–Trinajstić information content (AvgIpc) is 2.83. The van der Waals surface area contributed by atoms with Gasteiger partial charge in [0.2, 0.25) is 0 Å². The van der Waals surface area contributed by atoms with Crippen LogP contribution in [0.15, 0.2) is 54.4 Å². The fourth-order valence-corrected chi connectivity index (χ4v) is 1.94. The second kappa shape index (κ2) is 4.77. The molecular formula is C13H11NOS. The third-order valence-electron chi connectivity index (χ3n) is 2.13. The number of carbonyl (C=O) groups is 1. The number of nitrogens with one attached hydrogen (secondary N) is 1. The Hall–Kier alpha value is -1.87. The van der Waals surface area contributed by atoms with Crippen molar-refractivity contribution in [2.24, 2.45) is 0 Å². The number of thiophene rings is 1. The molecule has 2 nitrogen and oxygen atoms in total. The van der Waals surface area contributed by atoms with Crippen LogP contribution in [0.1, 0.15) is 15.2 Å². The molecule has 3 heteroatoms. The molecule has 80 valence electrons. The first-order chi connectivity index (χ1) is 7.77. The molecule has 0 aliphatic heterocycles. The molecule has 1 aromatic heterocycles. The van der Waals surface area contributed by atoms with Gasteiger partial charge in [-0.2, -0.15) is 0 Å². The van der Waals surface area contributed by atoms with Crippen molar-refractivity contribution in [2.75, 3.05) is 0 Å². The summed E-state index contributed by atoms with van der Waals surface area (Å²) in [7, 11) is 0. The molecule has 16 heavy (non-hydrogen) atoms. The van der Waals surface area contributed by atoms with Crippen LogP contribution in [-0.4, -0.2) is 5.91 Å². The van der Waals surface area contributed by atoms with Crippen molar-refractivity contribution in [3.05, 3.63) is 64.9 Å². The van der Waals surface area contributed by atoms with Gasteiger partial charge in [-0.3, -0.25) is 4.79 Å². The summed E-state index contributed by atoms with van der Waals surface area (Å²) >= 11 is 1.42. The topological polar surface area (TPSA) is 29.1 Å². The number of rotatable bonds is 3. The number of carbonyl (C=O) groups excluding carboxylic acids is 1. The molecule has 0 aliphatic rings. The van der Waals surface area contributed by atoms with Crippen molar-refractivity contribution < 1.29 is 4.79 Å². The Balaban J connectivity index is 2.06. The van der Waals surface area contributed by atoms with Gasteiger partial charge < -0.3 is 5.32 Å². The third kappa shape index (κ3) is 2.38. The molecule has 0 atom stereocenters.